The zero-order valence-corrected chi connectivity index (χ0v) is 20.9. The first-order valence-corrected chi connectivity index (χ1v) is 12.9. The molecule has 1 N–H and O–H groups in total. The Bertz CT molecular complexity index is 1420. The smallest absolute Gasteiger partial charge is 0.255 e. The molecule has 3 amide bonds. The van der Waals surface area contributed by atoms with E-state index in [0.717, 1.165) is 42.7 Å². The molecular weight excluding hydrogens is 485 g/mol. The molecular formula is C30H28FN3O4. The van der Waals surface area contributed by atoms with Crippen molar-refractivity contribution in [1.82, 2.24) is 15.1 Å². The molecule has 7 nitrogen and oxygen atoms in total. The highest BCUT2D eigenvalue weighted by Gasteiger charge is 2.40. The number of nitrogens with one attached hydrogen (secondary N) is 1. The van der Waals surface area contributed by atoms with Gasteiger partial charge < -0.3 is 9.64 Å². The average molecular weight is 514 g/mol. The molecule has 3 aliphatic heterocycles. The van der Waals surface area contributed by atoms with E-state index >= 15 is 0 Å². The van der Waals surface area contributed by atoms with Gasteiger partial charge in [-0.25, -0.2) is 4.39 Å². The Kier molecular flexibility index (Phi) is 6.41. The number of piperidine rings is 1. The number of hydrogen-bond donors (Lipinski definition) is 1. The minimum atomic E-state index is -0.652. The Hall–Kier alpha value is -4.04. The van der Waals surface area contributed by atoms with Gasteiger partial charge in [0.05, 0.1) is 6.54 Å². The van der Waals surface area contributed by atoms with Gasteiger partial charge in [0, 0.05) is 37.2 Å². The van der Waals surface area contributed by atoms with Gasteiger partial charge in [0.25, 0.3) is 5.91 Å². The summed E-state index contributed by atoms with van der Waals surface area (Å²) in [5.74, 6) is -0.513. The maximum absolute atomic E-state index is 13.6. The van der Waals surface area contributed by atoms with Crippen LogP contribution in [0.15, 0.2) is 60.7 Å². The van der Waals surface area contributed by atoms with Crippen LogP contribution >= 0.6 is 0 Å². The molecule has 0 saturated carbocycles. The number of amides is 3. The Balaban J connectivity index is 1.08. The monoisotopic (exact) mass is 513 g/mol. The van der Waals surface area contributed by atoms with Crippen molar-refractivity contribution >= 4 is 17.7 Å². The molecule has 3 heterocycles. The topological polar surface area (TPSA) is 79.0 Å². The van der Waals surface area contributed by atoms with Crippen LogP contribution in [0.3, 0.4) is 0 Å². The lowest BCUT2D eigenvalue weighted by atomic mass is 9.99. The molecule has 1 fully saturated rings. The van der Waals surface area contributed by atoms with Crippen molar-refractivity contribution in [2.75, 3.05) is 6.54 Å². The Morgan fingerprint density at radius 2 is 1.74 bits per heavy atom. The second-order valence-electron chi connectivity index (χ2n) is 10.2. The zero-order valence-electron chi connectivity index (χ0n) is 20.9. The molecule has 1 atom stereocenters. The van der Waals surface area contributed by atoms with Crippen molar-refractivity contribution in [3.05, 3.63) is 99.9 Å². The van der Waals surface area contributed by atoms with E-state index in [1.54, 1.807) is 18.2 Å². The summed E-state index contributed by atoms with van der Waals surface area (Å²) >= 11 is 0. The van der Waals surface area contributed by atoms with Crippen LogP contribution in [0.4, 0.5) is 4.39 Å². The van der Waals surface area contributed by atoms with Crippen LogP contribution in [0.25, 0.3) is 0 Å². The van der Waals surface area contributed by atoms with E-state index in [-0.39, 0.29) is 30.6 Å². The van der Waals surface area contributed by atoms with Crippen molar-refractivity contribution < 1.29 is 23.5 Å². The fourth-order valence-electron chi connectivity index (χ4n) is 5.57. The number of hydrogen-bond acceptors (Lipinski definition) is 5. The van der Waals surface area contributed by atoms with Gasteiger partial charge in [-0.3, -0.25) is 24.6 Å². The quantitative estimate of drug-likeness (QED) is 0.509. The van der Waals surface area contributed by atoms with Gasteiger partial charge in [0.2, 0.25) is 11.8 Å². The van der Waals surface area contributed by atoms with E-state index in [2.05, 4.69) is 22.3 Å². The lowest BCUT2D eigenvalue weighted by Crippen LogP contribution is -2.52. The van der Waals surface area contributed by atoms with Crippen molar-refractivity contribution in [3.63, 3.8) is 0 Å². The maximum atomic E-state index is 13.6. The summed E-state index contributed by atoms with van der Waals surface area (Å²) in [5.41, 5.74) is 5.77. The molecule has 0 radical (unpaired) electrons. The second-order valence-corrected chi connectivity index (χ2v) is 10.2. The number of nitrogens with zero attached hydrogens (tertiary/aromatic N) is 2. The summed E-state index contributed by atoms with van der Waals surface area (Å²) in [6, 6.07) is 18.0. The van der Waals surface area contributed by atoms with E-state index < -0.39 is 11.9 Å². The fourth-order valence-corrected chi connectivity index (χ4v) is 5.57. The van der Waals surface area contributed by atoms with Crippen LogP contribution in [-0.4, -0.2) is 40.1 Å². The van der Waals surface area contributed by atoms with E-state index in [9.17, 15) is 18.8 Å². The number of ether oxygens (including phenoxy) is 1. The SMILES string of the molecule is O=C1CCC(N2Cc3c(OCc4ccc(CN5CCc6ccc(F)cc6C5)cc4)cccc3C2=O)C(=O)N1. The summed E-state index contributed by atoms with van der Waals surface area (Å²) in [6.07, 6.45) is 1.47. The molecule has 0 bridgehead atoms. The van der Waals surface area contributed by atoms with Gasteiger partial charge in [0.1, 0.15) is 24.2 Å². The van der Waals surface area contributed by atoms with Gasteiger partial charge in [0.15, 0.2) is 0 Å². The van der Waals surface area contributed by atoms with E-state index in [0.29, 0.717) is 24.3 Å². The average Bonchev–Trinajstić information content (AvgIpc) is 3.24. The molecule has 6 rings (SSSR count). The normalized spacial score (nSPS) is 19.2. The minimum absolute atomic E-state index is 0.188. The minimum Gasteiger partial charge on any atom is -0.489 e. The molecule has 0 aliphatic carbocycles. The number of carbonyl (C=O) groups excluding carboxylic acids is 3. The van der Waals surface area contributed by atoms with Crippen LogP contribution in [-0.2, 0) is 42.3 Å². The van der Waals surface area contributed by atoms with Crippen LogP contribution in [0.5, 0.6) is 5.75 Å². The first-order chi connectivity index (χ1) is 18.4. The molecule has 194 valence electrons. The Morgan fingerprint density at radius 3 is 2.55 bits per heavy atom. The third-order valence-corrected chi connectivity index (χ3v) is 7.62. The molecule has 0 spiro atoms. The standard InChI is InChI=1S/C30H28FN3O4/c31-23-9-8-21-12-13-33(16-22(21)14-23)15-19-4-6-20(7-5-19)18-38-27-3-1-2-24-25(27)17-34(30(24)37)26-10-11-28(35)32-29(26)36/h1-9,14,26H,10-13,15-18H2,(H,32,35,36). The number of halogens is 1. The highest BCUT2D eigenvalue weighted by Crippen LogP contribution is 2.34. The summed E-state index contributed by atoms with van der Waals surface area (Å²) in [6.45, 7) is 3.10. The number of carbonyl (C=O) groups is 3. The van der Waals surface area contributed by atoms with E-state index in [1.165, 1.54) is 22.1 Å². The van der Waals surface area contributed by atoms with Crippen LogP contribution in [0.2, 0.25) is 0 Å². The van der Waals surface area contributed by atoms with Crippen molar-refractivity contribution in [1.29, 1.82) is 0 Å². The van der Waals surface area contributed by atoms with Crippen molar-refractivity contribution in [3.8, 4) is 5.75 Å². The van der Waals surface area contributed by atoms with Crippen molar-refractivity contribution in [2.45, 2.75) is 51.5 Å². The van der Waals surface area contributed by atoms with Crippen molar-refractivity contribution in [2.24, 2.45) is 0 Å². The van der Waals surface area contributed by atoms with Gasteiger partial charge in [-0.05, 0) is 59.4 Å². The van der Waals surface area contributed by atoms with E-state index in [4.69, 9.17) is 4.74 Å². The predicted molar refractivity (Wildman–Crippen MR) is 137 cm³/mol. The predicted octanol–water partition coefficient (Wildman–Crippen LogP) is 3.72. The van der Waals surface area contributed by atoms with Crippen LogP contribution < -0.4 is 10.1 Å². The van der Waals surface area contributed by atoms with Gasteiger partial charge in [-0.1, -0.05) is 36.4 Å². The lowest BCUT2D eigenvalue weighted by Gasteiger charge is -2.29. The van der Waals surface area contributed by atoms with E-state index in [1.807, 2.05) is 24.3 Å². The molecule has 1 saturated heterocycles. The number of fused-ring (bicyclic) bond motifs is 2. The highest BCUT2D eigenvalue weighted by molar-refractivity contribution is 6.05. The van der Waals surface area contributed by atoms with Gasteiger partial charge >= 0.3 is 0 Å². The van der Waals surface area contributed by atoms with Gasteiger partial charge in [-0.2, -0.15) is 0 Å². The first-order valence-electron chi connectivity index (χ1n) is 12.9. The largest absolute Gasteiger partial charge is 0.489 e. The second kappa shape index (κ2) is 10.0. The summed E-state index contributed by atoms with van der Waals surface area (Å²) in [7, 11) is 0. The number of imide groups is 1. The Labute approximate surface area is 220 Å². The molecule has 8 heteroatoms. The molecule has 0 aromatic heterocycles. The summed E-state index contributed by atoms with van der Waals surface area (Å²) in [4.78, 5) is 40.7. The maximum Gasteiger partial charge on any atom is 0.255 e. The number of benzene rings is 3. The Morgan fingerprint density at radius 1 is 0.921 bits per heavy atom. The van der Waals surface area contributed by atoms with Crippen LogP contribution in [0, 0.1) is 5.82 Å². The molecule has 3 aliphatic rings. The zero-order chi connectivity index (χ0) is 26.2. The summed E-state index contributed by atoms with van der Waals surface area (Å²) < 4.78 is 19.8. The number of rotatable bonds is 6. The third-order valence-electron chi connectivity index (χ3n) is 7.62. The lowest BCUT2D eigenvalue weighted by molar-refractivity contribution is -0.136. The fraction of sp³-hybridized carbons (Fsp3) is 0.300. The molecule has 3 aromatic rings. The summed E-state index contributed by atoms with van der Waals surface area (Å²) in [5, 5.41) is 2.33. The molecule has 1 unspecified atom stereocenters. The third kappa shape index (κ3) is 4.79. The van der Waals surface area contributed by atoms with Gasteiger partial charge in [-0.15, -0.1) is 0 Å². The highest BCUT2D eigenvalue weighted by atomic mass is 19.1. The van der Waals surface area contributed by atoms with Crippen LogP contribution in [0.1, 0.15) is 51.0 Å². The molecule has 3 aromatic carbocycles. The first kappa shape index (κ1) is 24.3. The molecule has 38 heavy (non-hydrogen) atoms.